The van der Waals surface area contributed by atoms with Crippen molar-refractivity contribution in [3.8, 4) is 5.75 Å². The predicted octanol–water partition coefficient (Wildman–Crippen LogP) is 1.79. The molecule has 1 saturated heterocycles. The standard InChI is InChI=1S/C11H15NO2.C5H10O2/c13-9-3-1-8(2-4-9)10-5-6-12-7-11(10)14;1-5(2,3)7-4-6/h1-4,10-14H,5-7H2;4H,1-3H3. The molecule has 0 bridgehead atoms. The molecule has 0 saturated carbocycles. The molecule has 1 heterocycles. The lowest BCUT2D eigenvalue weighted by atomic mass is 9.88. The Kier molecular flexibility index (Phi) is 6.65. The Morgan fingerprint density at radius 3 is 2.33 bits per heavy atom. The number of ether oxygens (including phenoxy) is 1. The second-order valence-corrected chi connectivity index (χ2v) is 6.08. The molecule has 1 aromatic rings. The SMILES string of the molecule is CC(C)(C)OC=O.Oc1ccc(C2CCNCC2O)cc1. The van der Waals surface area contributed by atoms with Crippen LogP contribution in [-0.2, 0) is 9.53 Å². The van der Waals surface area contributed by atoms with Crippen molar-refractivity contribution in [1.29, 1.82) is 0 Å². The van der Waals surface area contributed by atoms with Gasteiger partial charge in [-0.15, -0.1) is 0 Å². The largest absolute Gasteiger partial charge is 0.508 e. The minimum Gasteiger partial charge on any atom is -0.508 e. The van der Waals surface area contributed by atoms with Gasteiger partial charge in [0.15, 0.2) is 0 Å². The maximum Gasteiger partial charge on any atom is 0.293 e. The van der Waals surface area contributed by atoms with Crippen LogP contribution in [0.5, 0.6) is 5.75 Å². The highest BCUT2D eigenvalue weighted by Gasteiger charge is 2.23. The third-order valence-corrected chi connectivity index (χ3v) is 3.17. The zero-order valence-corrected chi connectivity index (χ0v) is 12.9. The Morgan fingerprint density at radius 1 is 1.29 bits per heavy atom. The van der Waals surface area contributed by atoms with Crippen molar-refractivity contribution in [2.24, 2.45) is 0 Å². The number of β-amino-alcohol motifs (C(OH)–C–C–N with tert-alkyl or cyclic N) is 1. The van der Waals surface area contributed by atoms with Gasteiger partial charge in [0.05, 0.1) is 6.10 Å². The van der Waals surface area contributed by atoms with Gasteiger partial charge < -0.3 is 20.3 Å². The molecule has 0 aliphatic carbocycles. The highest BCUT2D eigenvalue weighted by atomic mass is 16.5. The van der Waals surface area contributed by atoms with Crippen molar-refractivity contribution in [3.05, 3.63) is 29.8 Å². The van der Waals surface area contributed by atoms with E-state index in [-0.39, 0.29) is 23.4 Å². The molecule has 5 nitrogen and oxygen atoms in total. The summed E-state index contributed by atoms with van der Waals surface area (Å²) in [4.78, 5) is 9.60. The van der Waals surface area contributed by atoms with Gasteiger partial charge in [-0.2, -0.15) is 0 Å². The number of aliphatic hydroxyl groups excluding tert-OH is 1. The molecule has 0 spiro atoms. The molecule has 21 heavy (non-hydrogen) atoms. The summed E-state index contributed by atoms with van der Waals surface area (Å²) in [7, 11) is 0. The monoisotopic (exact) mass is 295 g/mol. The van der Waals surface area contributed by atoms with E-state index in [1.165, 1.54) is 0 Å². The molecule has 1 aliphatic heterocycles. The Balaban J connectivity index is 0.000000270. The molecule has 5 heteroatoms. The van der Waals surface area contributed by atoms with Crippen LogP contribution in [-0.4, -0.2) is 41.5 Å². The Bertz CT molecular complexity index is 425. The van der Waals surface area contributed by atoms with Crippen LogP contribution in [0, 0.1) is 0 Å². The number of aliphatic hydroxyl groups is 1. The third-order valence-electron chi connectivity index (χ3n) is 3.17. The molecule has 0 amide bonds. The average Bonchev–Trinajstić information content (AvgIpc) is 2.40. The topological polar surface area (TPSA) is 78.8 Å². The highest BCUT2D eigenvalue weighted by Crippen LogP contribution is 2.26. The number of benzene rings is 1. The van der Waals surface area contributed by atoms with Crippen LogP contribution in [0.25, 0.3) is 0 Å². The molecule has 2 atom stereocenters. The summed E-state index contributed by atoms with van der Waals surface area (Å²) in [6, 6.07) is 7.11. The summed E-state index contributed by atoms with van der Waals surface area (Å²) < 4.78 is 4.55. The van der Waals surface area contributed by atoms with Crippen LogP contribution in [0.3, 0.4) is 0 Å². The number of hydrogen-bond donors (Lipinski definition) is 3. The van der Waals surface area contributed by atoms with E-state index in [4.69, 9.17) is 5.11 Å². The molecule has 2 rings (SSSR count). The van der Waals surface area contributed by atoms with Crippen molar-refractivity contribution < 1.29 is 19.7 Å². The first-order chi connectivity index (χ1) is 9.83. The molecule has 3 N–H and O–H groups in total. The van der Waals surface area contributed by atoms with Gasteiger partial charge >= 0.3 is 0 Å². The lowest BCUT2D eigenvalue weighted by Gasteiger charge is -2.28. The number of rotatable bonds is 2. The zero-order chi connectivity index (χ0) is 15.9. The van der Waals surface area contributed by atoms with Gasteiger partial charge in [0.2, 0.25) is 0 Å². The third kappa shape index (κ3) is 6.60. The summed E-state index contributed by atoms with van der Waals surface area (Å²) in [6.07, 6.45) is 0.639. The summed E-state index contributed by atoms with van der Waals surface area (Å²) in [5.74, 6) is 0.481. The summed E-state index contributed by atoms with van der Waals surface area (Å²) in [5, 5.41) is 22.1. The normalized spacial score (nSPS) is 21.9. The molecule has 0 aromatic heterocycles. The summed E-state index contributed by atoms with van der Waals surface area (Å²) >= 11 is 0. The molecule has 1 aromatic carbocycles. The number of phenols is 1. The van der Waals surface area contributed by atoms with Gasteiger partial charge in [-0.25, -0.2) is 0 Å². The molecule has 2 unspecified atom stereocenters. The number of piperidine rings is 1. The number of phenolic OH excluding ortho intramolecular Hbond substituents is 1. The van der Waals surface area contributed by atoms with Gasteiger partial charge in [0.1, 0.15) is 11.4 Å². The van der Waals surface area contributed by atoms with Crippen molar-refractivity contribution in [2.75, 3.05) is 13.1 Å². The second-order valence-electron chi connectivity index (χ2n) is 6.08. The summed E-state index contributed by atoms with van der Waals surface area (Å²) in [6.45, 7) is 7.53. The average molecular weight is 295 g/mol. The maximum absolute atomic E-state index is 9.77. The quantitative estimate of drug-likeness (QED) is 0.725. The fourth-order valence-electron chi connectivity index (χ4n) is 2.10. The smallest absolute Gasteiger partial charge is 0.293 e. The minimum atomic E-state index is -0.318. The lowest BCUT2D eigenvalue weighted by Crippen LogP contribution is -2.39. The van der Waals surface area contributed by atoms with Crippen molar-refractivity contribution in [3.63, 3.8) is 0 Å². The van der Waals surface area contributed by atoms with E-state index in [9.17, 15) is 9.90 Å². The van der Waals surface area contributed by atoms with E-state index in [1.807, 2.05) is 32.9 Å². The van der Waals surface area contributed by atoms with Gasteiger partial charge in [-0.05, 0) is 51.4 Å². The second kappa shape index (κ2) is 8.00. The van der Waals surface area contributed by atoms with E-state index >= 15 is 0 Å². The highest BCUT2D eigenvalue weighted by molar-refractivity contribution is 5.37. The van der Waals surface area contributed by atoms with Crippen molar-refractivity contribution in [1.82, 2.24) is 5.32 Å². The Labute approximate surface area is 125 Å². The summed E-state index contributed by atoms with van der Waals surface area (Å²) in [5.41, 5.74) is 0.790. The van der Waals surface area contributed by atoms with Crippen LogP contribution in [0.2, 0.25) is 0 Å². The number of hydrogen-bond acceptors (Lipinski definition) is 5. The number of aromatic hydroxyl groups is 1. The van der Waals surface area contributed by atoms with E-state index in [1.54, 1.807) is 12.1 Å². The number of carbonyl (C=O) groups excluding carboxylic acids is 1. The van der Waals surface area contributed by atoms with Crippen LogP contribution in [0.4, 0.5) is 0 Å². The number of nitrogens with one attached hydrogen (secondary N) is 1. The fraction of sp³-hybridized carbons (Fsp3) is 0.562. The van der Waals surface area contributed by atoms with Crippen LogP contribution in [0.15, 0.2) is 24.3 Å². The Morgan fingerprint density at radius 2 is 1.90 bits per heavy atom. The first-order valence-electron chi connectivity index (χ1n) is 7.12. The molecular weight excluding hydrogens is 270 g/mol. The molecule has 1 fully saturated rings. The van der Waals surface area contributed by atoms with E-state index in [0.29, 0.717) is 13.0 Å². The lowest BCUT2D eigenvalue weighted by molar-refractivity contribution is -0.138. The Hall–Kier alpha value is -1.59. The van der Waals surface area contributed by atoms with Crippen LogP contribution in [0.1, 0.15) is 38.7 Å². The maximum atomic E-state index is 9.77. The molecule has 118 valence electrons. The van der Waals surface area contributed by atoms with Crippen LogP contribution >= 0.6 is 0 Å². The molecule has 1 aliphatic rings. The van der Waals surface area contributed by atoms with Crippen molar-refractivity contribution in [2.45, 2.75) is 44.8 Å². The molecule has 0 radical (unpaired) electrons. The molecular formula is C16H25NO4. The van der Waals surface area contributed by atoms with Crippen molar-refractivity contribution >= 4 is 6.47 Å². The van der Waals surface area contributed by atoms with Gasteiger partial charge in [-0.3, -0.25) is 4.79 Å². The van der Waals surface area contributed by atoms with Crippen LogP contribution < -0.4 is 5.32 Å². The minimum absolute atomic E-state index is 0.205. The predicted molar refractivity (Wildman–Crippen MR) is 81.2 cm³/mol. The number of carbonyl (C=O) groups is 1. The van der Waals surface area contributed by atoms with Gasteiger partial charge in [0, 0.05) is 12.5 Å². The van der Waals surface area contributed by atoms with E-state index in [0.717, 1.165) is 18.5 Å². The first kappa shape index (κ1) is 17.5. The first-order valence-corrected chi connectivity index (χ1v) is 7.12. The zero-order valence-electron chi connectivity index (χ0n) is 12.9. The van der Waals surface area contributed by atoms with E-state index < -0.39 is 0 Å². The van der Waals surface area contributed by atoms with Gasteiger partial charge in [0.25, 0.3) is 6.47 Å². The fourth-order valence-corrected chi connectivity index (χ4v) is 2.10. The van der Waals surface area contributed by atoms with Gasteiger partial charge in [-0.1, -0.05) is 12.1 Å². The van der Waals surface area contributed by atoms with E-state index in [2.05, 4.69) is 10.1 Å².